The number of nitrogens with zero attached hydrogens (tertiary/aromatic N) is 2. The number of aromatic nitrogens is 3. The molecule has 0 spiro atoms. The minimum Gasteiger partial charge on any atom is -0.322 e. The van der Waals surface area contributed by atoms with Gasteiger partial charge in [0.05, 0.1) is 11.7 Å². The van der Waals surface area contributed by atoms with E-state index in [-0.39, 0.29) is 17.0 Å². The van der Waals surface area contributed by atoms with E-state index in [9.17, 15) is 9.59 Å². The molecule has 0 saturated carbocycles. The standard InChI is InChI=1S/C20H23N5O2/c1-13-6-8-25(12-14-3-2-7-21-10-14)20(27)18(13)19(26)23-16-4-5-17-15(9-16)11-22-24-17/h4-6,8-9,11,14,21H,2-3,7,10,12H2,1H3,(H,22,24)(H,23,26). The molecule has 2 aromatic heterocycles. The Morgan fingerprint density at radius 1 is 1.37 bits per heavy atom. The van der Waals surface area contributed by atoms with Crippen LogP contribution in [0.1, 0.15) is 28.8 Å². The van der Waals surface area contributed by atoms with Crippen LogP contribution in [0, 0.1) is 12.8 Å². The molecule has 1 fully saturated rings. The molecule has 0 aliphatic carbocycles. The van der Waals surface area contributed by atoms with Crippen LogP contribution in [0.2, 0.25) is 0 Å². The van der Waals surface area contributed by atoms with Crippen molar-refractivity contribution in [3.8, 4) is 0 Å². The zero-order valence-corrected chi connectivity index (χ0v) is 15.3. The Labute approximate surface area is 156 Å². The minimum absolute atomic E-state index is 0.202. The Morgan fingerprint density at radius 3 is 3.07 bits per heavy atom. The van der Waals surface area contributed by atoms with Gasteiger partial charge in [0.15, 0.2) is 0 Å². The molecule has 1 amide bonds. The number of H-pyrrole nitrogens is 1. The number of hydrogen-bond donors (Lipinski definition) is 3. The highest BCUT2D eigenvalue weighted by Gasteiger charge is 2.19. The van der Waals surface area contributed by atoms with Crippen molar-refractivity contribution in [2.45, 2.75) is 26.3 Å². The fourth-order valence-corrected chi connectivity index (χ4v) is 3.66. The largest absolute Gasteiger partial charge is 0.322 e. The second-order valence-electron chi connectivity index (χ2n) is 7.17. The Kier molecular flexibility index (Phi) is 4.77. The van der Waals surface area contributed by atoms with E-state index in [2.05, 4.69) is 20.8 Å². The highest BCUT2D eigenvalue weighted by molar-refractivity contribution is 6.05. The number of amides is 1. The molecular weight excluding hydrogens is 342 g/mol. The number of benzene rings is 1. The number of aromatic amines is 1. The molecule has 7 heteroatoms. The molecule has 1 aromatic carbocycles. The van der Waals surface area contributed by atoms with E-state index in [0.29, 0.717) is 23.7 Å². The molecule has 3 N–H and O–H groups in total. The Morgan fingerprint density at radius 2 is 2.26 bits per heavy atom. The van der Waals surface area contributed by atoms with Gasteiger partial charge in [-0.05, 0) is 68.6 Å². The van der Waals surface area contributed by atoms with Crippen LogP contribution in [0.15, 0.2) is 41.5 Å². The molecule has 1 aliphatic rings. The van der Waals surface area contributed by atoms with Gasteiger partial charge in [0.25, 0.3) is 11.5 Å². The molecule has 3 heterocycles. The fraction of sp³-hybridized carbons (Fsp3) is 0.350. The van der Waals surface area contributed by atoms with Gasteiger partial charge in [-0.3, -0.25) is 14.7 Å². The third-order valence-corrected chi connectivity index (χ3v) is 5.15. The number of carbonyl (C=O) groups excluding carboxylic acids is 1. The topological polar surface area (TPSA) is 91.8 Å². The van der Waals surface area contributed by atoms with E-state index >= 15 is 0 Å². The molecule has 27 heavy (non-hydrogen) atoms. The van der Waals surface area contributed by atoms with Gasteiger partial charge < -0.3 is 15.2 Å². The molecule has 140 valence electrons. The van der Waals surface area contributed by atoms with Gasteiger partial charge in [0.1, 0.15) is 5.56 Å². The van der Waals surface area contributed by atoms with E-state index in [1.54, 1.807) is 30.0 Å². The Hall–Kier alpha value is -2.93. The van der Waals surface area contributed by atoms with Crippen LogP contribution in [-0.2, 0) is 6.54 Å². The smallest absolute Gasteiger partial charge is 0.263 e. The predicted octanol–water partition coefficient (Wildman–Crippen LogP) is 2.28. The summed E-state index contributed by atoms with van der Waals surface area (Å²) in [5.74, 6) is 0.0371. The third kappa shape index (κ3) is 3.64. The monoisotopic (exact) mass is 365 g/mol. The van der Waals surface area contributed by atoms with Gasteiger partial charge in [0.2, 0.25) is 0 Å². The zero-order valence-electron chi connectivity index (χ0n) is 15.3. The van der Waals surface area contributed by atoms with Gasteiger partial charge in [-0.2, -0.15) is 5.10 Å². The number of pyridine rings is 1. The van der Waals surface area contributed by atoms with Crippen LogP contribution < -0.4 is 16.2 Å². The van der Waals surface area contributed by atoms with Crippen molar-refractivity contribution in [3.63, 3.8) is 0 Å². The normalized spacial score (nSPS) is 17.1. The van der Waals surface area contributed by atoms with Crippen LogP contribution in [0.5, 0.6) is 0 Å². The first kappa shape index (κ1) is 17.5. The van der Waals surface area contributed by atoms with E-state index in [1.807, 2.05) is 18.2 Å². The highest BCUT2D eigenvalue weighted by Crippen LogP contribution is 2.18. The van der Waals surface area contributed by atoms with Gasteiger partial charge in [-0.25, -0.2) is 0 Å². The lowest BCUT2D eigenvalue weighted by atomic mass is 9.99. The average molecular weight is 365 g/mol. The molecule has 1 aliphatic heterocycles. The van der Waals surface area contributed by atoms with Crippen LogP contribution in [0.3, 0.4) is 0 Å². The first-order valence-electron chi connectivity index (χ1n) is 9.27. The average Bonchev–Trinajstić information content (AvgIpc) is 3.13. The molecule has 0 bridgehead atoms. The summed E-state index contributed by atoms with van der Waals surface area (Å²) in [7, 11) is 0. The van der Waals surface area contributed by atoms with Crippen LogP contribution in [-0.4, -0.2) is 33.8 Å². The van der Waals surface area contributed by atoms with Gasteiger partial charge >= 0.3 is 0 Å². The number of carbonyl (C=O) groups is 1. The molecule has 1 unspecified atom stereocenters. The van der Waals surface area contributed by atoms with Gasteiger partial charge in [0, 0.05) is 23.8 Å². The van der Waals surface area contributed by atoms with E-state index in [1.165, 1.54) is 0 Å². The number of piperidine rings is 1. The van der Waals surface area contributed by atoms with Crippen molar-refractivity contribution >= 4 is 22.5 Å². The van der Waals surface area contributed by atoms with Crippen molar-refractivity contribution in [2.24, 2.45) is 5.92 Å². The summed E-state index contributed by atoms with van der Waals surface area (Å²) in [4.78, 5) is 25.7. The van der Waals surface area contributed by atoms with Crippen molar-refractivity contribution in [2.75, 3.05) is 18.4 Å². The second-order valence-corrected chi connectivity index (χ2v) is 7.17. The number of hydrogen-bond acceptors (Lipinski definition) is 4. The first-order chi connectivity index (χ1) is 13.1. The fourth-order valence-electron chi connectivity index (χ4n) is 3.66. The lowest BCUT2D eigenvalue weighted by Crippen LogP contribution is -2.36. The molecule has 1 saturated heterocycles. The van der Waals surface area contributed by atoms with Crippen LogP contribution >= 0.6 is 0 Å². The number of fused-ring (bicyclic) bond motifs is 1. The Balaban J connectivity index is 1.58. The van der Waals surface area contributed by atoms with Crippen molar-refractivity contribution in [1.29, 1.82) is 0 Å². The SMILES string of the molecule is Cc1ccn(CC2CCCNC2)c(=O)c1C(=O)Nc1ccc2[nH]ncc2c1. The maximum absolute atomic E-state index is 12.9. The van der Waals surface area contributed by atoms with Gasteiger partial charge in [-0.1, -0.05) is 0 Å². The third-order valence-electron chi connectivity index (χ3n) is 5.15. The van der Waals surface area contributed by atoms with Crippen LogP contribution in [0.4, 0.5) is 5.69 Å². The molecule has 3 aromatic rings. The van der Waals surface area contributed by atoms with Gasteiger partial charge in [-0.15, -0.1) is 0 Å². The lowest BCUT2D eigenvalue weighted by molar-refractivity contribution is 0.102. The minimum atomic E-state index is -0.378. The molecular formula is C20H23N5O2. The van der Waals surface area contributed by atoms with E-state index in [4.69, 9.17) is 0 Å². The summed E-state index contributed by atoms with van der Waals surface area (Å²) >= 11 is 0. The summed E-state index contributed by atoms with van der Waals surface area (Å²) in [5.41, 5.74) is 2.18. The van der Waals surface area contributed by atoms with Crippen molar-refractivity contribution in [3.05, 3.63) is 58.1 Å². The number of aryl methyl sites for hydroxylation is 1. The molecule has 4 rings (SSSR count). The maximum atomic E-state index is 12.9. The maximum Gasteiger partial charge on any atom is 0.263 e. The van der Waals surface area contributed by atoms with Crippen molar-refractivity contribution in [1.82, 2.24) is 20.1 Å². The molecule has 0 radical (unpaired) electrons. The quantitative estimate of drug-likeness (QED) is 0.661. The summed E-state index contributed by atoms with van der Waals surface area (Å²) in [5, 5.41) is 14.0. The molecule has 7 nitrogen and oxygen atoms in total. The molecule has 1 atom stereocenters. The second kappa shape index (κ2) is 7.36. The van der Waals surface area contributed by atoms with Crippen molar-refractivity contribution < 1.29 is 4.79 Å². The summed E-state index contributed by atoms with van der Waals surface area (Å²) in [6, 6.07) is 7.32. The highest BCUT2D eigenvalue weighted by atomic mass is 16.2. The lowest BCUT2D eigenvalue weighted by Gasteiger charge is -2.23. The summed E-state index contributed by atoms with van der Waals surface area (Å²) in [6.07, 6.45) is 5.71. The number of rotatable bonds is 4. The summed E-state index contributed by atoms with van der Waals surface area (Å²) < 4.78 is 1.67. The first-order valence-corrected chi connectivity index (χ1v) is 9.27. The van der Waals surface area contributed by atoms with E-state index in [0.717, 1.165) is 36.8 Å². The van der Waals surface area contributed by atoms with Crippen LogP contribution in [0.25, 0.3) is 10.9 Å². The summed E-state index contributed by atoms with van der Waals surface area (Å²) in [6.45, 7) is 4.37. The number of anilines is 1. The Bertz CT molecular complexity index is 1030. The zero-order chi connectivity index (χ0) is 18.8. The van der Waals surface area contributed by atoms with E-state index < -0.39 is 0 Å². The number of nitrogens with one attached hydrogen (secondary N) is 3. The predicted molar refractivity (Wildman–Crippen MR) is 105 cm³/mol.